The van der Waals surface area contributed by atoms with Gasteiger partial charge in [-0.2, -0.15) is 0 Å². The van der Waals surface area contributed by atoms with Crippen LogP contribution in [0.3, 0.4) is 0 Å². The van der Waals surface area contributed by atoms with Crippen LogP contribution in [0, 0.1) is 0 Å². The van der Waals surface area contributed by atoms with Gasteiger partial charge < -0.3 is 4.74 Å². The molecule has 2 aromatic carbocycles. The molecule has 1 aliphatic rings. The fourth-order valence-corrected chi connectivity index (χ4v) is 3.37. The molecule has 0 fully saturated rings. The number of carbonyl (C=O) groups excluding carboxylic acids is 1. The Labute approximate surface area is 130 Å². The van der Waals surface area contributed by atoms with E-state index in [0.717, 1.165) is 11.1 Å². The highest BCUT2D eigenvalue weighted by Gasteiger charge is 2.45. The van der Waals surface area contributed by atoms with Crippen LogP contribution in [0.1, 0.15) is 18.1 Å². The van der Waals surface area contributed by atoms with Gasteiger partial charge in [0, 0.05) is 6.08 Å². The van der Waals surface area contributed by atoms with E-state index >= 15 is 0 Å². The minimum atomic E-state index is -0.456. The van der Waals surface area contributed by atoms with Crippen molar-refractivity contribution in [2.24, 2.45) is 0 Å². The Hall–Kier alpha value is -2.61. The standard InChI is InChI=1S/C20H18O2/c1-4-18(22-19(21)5-2)20(3)16-12-8-6-10-14(16)15-11-7-9-13-17(15)20/h4-13,18H,1-2H2,3H3. The first-order chi connectivity index (χ1) is 10.6. The average molecular weight is 290 g/mol. The lowest BCUT2D eigenvalue weighted by atomic mass is 9.75. The molecule has 0 aliphatic heterocycles. The van der Waals surface area contributed by atoms with Gasteiger partial charge in [-0.25, -0.2) is 4.79 Å². The third kappa shape index (κ3) is 1.92. The molecule has 1 aliphatic carbocycles. The summed E-state index contributed by atoms with van der Waals surface area (Å²) in [5.74, 6) is -0.437. The number of ether oxygens (including phenoxy) is 1. The number of carbonyl (C=O) groups is 1. The Morgan fingerprint density at radius 2 is 1.55 bits per heavy atom. The summed E-state index contributed by atoms with van der Waals surface area (Å²) in [6, 6.07) is 16.5. The molecule has 2 heteroatoms. The number of hydrogen-bond acceptors (Lipinski definition) is 2. The maximum atomic E-state index is 11.7. The largest absolute Gasteiger partial charge is 0.454 e. The molecule has 0 amide bonds. The summed E-state index contributed by atoms with van der Waals surface area (Å²) in [6.07, 6.45) is 2.43. The Morgan fingerprint density at radius 3 is 2.00 bits per heavy atom. The molecule has 1 atom stereocenters. The van der Waals surface area contributed by atoms with E-state index in [-0.39, 0.29) is 0 Å². The molecule has 0 saturated carbocycles. The van der Waals surface area contributed by atoms with Crippen molar-refractivity contribution in [3.8, 4) is 11.1 Å². The summed E-state index contributed by atoms with van der Waals surface area (Å²) in [5.41, 5.74) is 4.22. The van der Waals surface area contributed by atoms with E-state index in [0.29, 0.717) is 0 Å². The molecule has 2 nitrogen and oxygen atoms in total. The van der Waals surface area contributed by atoms with E-state index in [1.54, 1.807) is 6.08 Å². The zero-order valence-electron chi connectivity index (χ0n) is 12.6. The average Bonchev–Trinajstić information content (AvgIpc) is 2.83. The molecule has 110 valence electrons. The van der Waals surface area contributed by atoms with Gasteiger partial charge in [0.1, 0.15) is 6.10 Å². The van der Waals surface area contributed by atoms with Crippen LogP contribution in [0.4, 0.5) is 0 Å². The van der Waals surface area contributed by atoms with Crippen LogP contribution in [0.2, 0.25) is 0 Å². The maximum absolute atomic E-state index is 11.7. The van der Waals surface area contributed by atoms with Crippen molar-refractivity contribution in [3.63, 3.8) is 0 Å². The maximum Gasteiger partial charge on any atom is 0.330 e. The summed E-state index contributed by atoms with van der Waals surface area (Å²) < 4.78 is 5.57. The molecular formula is C20H18O2. The Bertz CT molecular complexity index is 712. The number of rotatable bonds is 4. The third-order valence-electron chi connectivity index (χ3n) is 4.46. The number of hydrogen-bond donors (Lipinski definition) is 0. The Morgan fingerprint density at radius 1 is 1.05 bits per heavy atom. The van der Waals surface area contributed by atoms with Crippen molar-refractivity contribution < 1.29 is 9.53 Å². The van der Waals surface area contributed by atoms with Gasteiger partial charge in [-0.05, 0) is 29.2 Å². The van der Waals surface area contributed by atoms with E-state index in [9.17, 15) is 4.79 Å². The van der Waals surface area contributed by atoms with Crippen LogP contribution in [0.25, 0.3) is 11.1 Å². The van der Waals surface area contributed by atoms with Crippen molar-refractivity contribution >= 4 is 5.97 Å². The molecule has 0 heterocycles. The van der Waals surface area contributed by atoms with Gasteiger partial charge in [-0.15, -0.1) is 0 Å². The number of fused-ring (bicyclic) bond motifs is 3. The van der Waals surface area contributed by atoms with Crippen molar-refractivity contribution in [3.05, 3.63) is 85.0 Å². The van der Waals surface area contributed by atoms with E-state index in [1.165, 1.54) is 17.2 Å². The minimum absolute atomic E-state index is 0.437. The fourth-order valence-electron chi connectivity index (χ4n) is 3.37. The molecule has 0 spiro atoms. The highest BCUT2D eigenvalue weighted by molar-refractivity contribution is 5.84. The molecule has 2 aromatic rings. The number of benzene rings is 2. The van der Waals surface area contributed by atoms with E-state index in [4.69, 9.17) is 4.74 Å². The van der Waals surface area contributed by atoms with Crippen molar-refractivity contribution in [2.75, 3.05) is 0 Å². The van der Waals surface area contributed by atoms with E-state index in [2.05, 4.69) is 44.3 Å². The highest BCUT2D eigenvalue weighted by atomic mass is 16.5. The van der Waals surface area contributed by atoms with Gasteiger partial charge >= 0.3 is 5.97 Å². The molecular weight excluding hydrogens is 272 g/mol. The normalized spacial score (nSPS) is 15.3. The van der Waals surface area contributed by atoms with Crippen LogP contribution in [0.15, 0.2) is 73.8 Å². The van der Waals surface area contributed by atoms with Crippen LogP contribution >= 0.6 is 0 Å². The predicted molar refractivity (Wildman–Crippen MR) is 88.6 cm³/mol. The SMILES string of the molecule is C=CC(=O)OC(C=C)C1(C)c2ccccc2-c2ccccc21. The minimum Gasteiger partial charge on any atom is -0.454 e. The van der Waals surface area contributed by atoms with E-state index in [1.807, 2.05) is 24.3 Å². The molecule has 22 heavy (non-hydrogen) atoms. The lowest BCUT2D eigenvalue weighted by Crippen LogP contribution is -2.38. The molecule has 0 aromatic heterocycles. The second kappa shape index (κ2) is 5.30. The summed E-state index contributed by atoms with van der Waals surface area (Å²) in [7, 11) is 0. The summed E-state index contributed by atoms with van der Waals surface area (Å²) in [4.78, 5) is 11.7. The van der Waals surface area contributed by atoms with Gasteiger partial charge in [0.15, 0.2) is 0 Å². The summed E-state index contributed by atoms with van der Waals surface area (Å²) in [6.45, 7) is 9.45. The van der Waals surface area contributed by atoms with Crippen LogP contribution in [-0.2, 0) is 14.9 Å². The zero-order chi connectivity index (χ0) is 15.7. The molecule has 0 saturated heterocycles. The van der Waals surface area contributed by atoms with Crippen molar-refractivity contribution in [1.29, 1.82) is 0 Å². The lowest BCUT2D eigenvalue weighted by molar-refractivity contribution is -0.142. The Kier molecular flexibility index (Phi) is 3.45. The van der Waals surface area contributed by atoms with Gasteiger partial charge in [0.25, 0.3) is 0 Å². The molecule has 0 radical (unpaired) electrons. The first-order valence-electron chi connectivity index (χ1n) is 7.28. The summed E-state index contributed by atoms with van der Waals surface area (Å²) in [5, 5.41) is 0. The van der Waals surface area contributed by atoms with Gasteiger partial charge in [-0.1, -0.05) is 67.8 Å². The molecule has 0 N–H and O–H groups in total. The quantitative estimate of drug-likeness (QED) is 0.478. The second-order valence-electron chi connectivity index (χ2n) is 5.59. The molecule has 3 rings (SSSR count). The Balaban J connectivity index is 2.21. The monoisotopic (exact) mass is 290 g/mol. The van der Waals surface area contributed by atoms with Gasteiger partial charge in [-0.3, -0.25) is 0 Å². The van der Waals surface area contributed by atoms with E-state index < -0.39 is 17.5 Å². The molecule has 1 unspecified atom stereocenters. The lowest BCUT2D eigenvalue weighted by Gasteiger charge is -2.33. The fraction of sp³-hybridized carbons (Fsp3) is 0.150. The van der Waals surface area contributed by atoms with Gasteiger partial charge in [0.2, 0.25) is 0 Å². The predicted octanol–water partition coefficient (Wildman–Crippen LogP) is 4.26. The first kappa shape index (κ1) is 14.3. The third-order valence-corrected chi connectivity index (χ3v) is 4.46. The van der Waals surface area contributed by atoms with Crippen LogP contribution < -0.4 is 0 Å². The summed E-state index contributed by atoms with van der Waals surface area (Å²) >= 11 is 0. The van der Waals surface area contributed by atoms with Crippen LogP contribution in [0.5, 0.6) is 0 Å². The highest BCUT2D eigenvalue weighted by Crippen LogP contribution is 2.51. The van der Waals surface area contributed by atoms with Crippen molar-refractivity contribution in [2.45, 2.75) is 18.4 Å². The number of esters is 1. The van der Waals surface area contributed by atoms with Crippen molar-refractivity contribution in [1.82, 2.24) is 0 Å². The van der Waals surface area contributed by atoms with Crippen LogP contribution in [-0.4, -0.2) is 12.1 Å². The molecule has 0 bridgehead atoms. The van der Waals surface area contributed by atoms with Gasteiger partial charge in [0.05, 0.1) is 5.41 Å². The smallest absolute Gasteiger partial charge is 0.330 e. The second-order valence-corrected chi connectivity index (χ2v) is 5.59. The zero-order valence-corrected chi connectivity index (χ0v) is 12.6. The first-order valence-corrected chi connectivity index (χ1v) is 7.28. The topological polar surface area (TPSA) is 26.3 Å².